The summed E-state index contributed by atoms with van der Waals surface area (Å²) in [4.78, 5) is 0. The summed E-state index contributed by atoms with van der Waals surface area (Å²) in [5.74, 6) is 0.944. The lowest BCUT2D eigenvalue weighted by molar-refractivity contribution is -0.924. The van der Waals surface area contributed by atoms with Crippen molar-refractivity contribution in [2.45, 2.75) is 20.8 Å². The molecule has 0 aliphatic carbocycles. The summed E-state index contributed by atoms with van der Waals surface area (Å²) in [6, 6.07) is 20.2. The van der Waals surface area contributed by atoms with E-state index in [1.807, 2.05) is 73.6 Å². The Morgan fingerprint density at radius 1 is 0.933 bits per heavy atom. The summed E-state index contributed by atoms with van der Waals surface area (Å²) in [6.07, 6.45) is 0. The van der Waals surface area contributed by atoms with Crippen LogP contribution in [0.2, 0.25) is 0 Å². The van der Waals surface area contributed by atoms with Crippen molar-refractivity contribution in [3.63, 3.8) is 0 Å². The van der Waals surface area contributed by atoms with Gasteiger partial charge in [0.05, 0.1) is 26.2 Å². The van der Waals surface area contributed by atoms with E-state index in [-0.39, 0.29) is 24.0 Å². The van der Waals surface area contributed by atoms with Gasteiger partial charge in [-0.05, 0) is 45.5 Å². The van der Waals surface area contributed by atoms with E-state index >= 15 is 0 Å². The summed E-state index contributed by atoms with van der Waals surface area (Å²) in [7, 11) is -0.189. The zero-order chi connectivity index (χ0) is 21.8. The maximum absolute atomic E-state index is 12.1. The van der Waals surface area contributed by atoms with Crippen molar-refractivity contribution in [1.82, 2.24) is 4.67 Å². The first kappa shape index (κ1) is 29.1. The van der Waals surface area contributed by atoms with Gasteiger partial charge in [-0.3, -0.25) is 4.67 Å². The number of hydrogen-bond acceptors (Lipinski definition) is 2. The first-order chi connectivity index (χ1) is 13.7. The highest BCUT2D eigenvalue weighted by Gasteiger charge is 2.25. The number of hydrogen-bond donors (Lipinski definition) is 0. The molecule has 0 aliphatic rings. The molecular weight excluding hydrogens is 506 g/mol. The topological polar surface area (TPSA) is 29.5 Å². The average molecular weight is 546 g/mol. The van der Waals surface area contributed by atoms with Gasteiger partial charge in [0.25, 0.3) is 0 Å². The number of aryl methyl sites for hydroxylation is 1. The normalized spacial score (nSPS) is 11.3. The molecule has 0 heterocycles. The van der Waals surface area contributed by atoms with E-state index in [1.54, 1.807) is 0 Å². The standard InChI is InChI=1S/C18H34N2O2P.C6H6.HI/c1-7-20(8-2,13-12-19(4)23(5,6)21)14-15-22-18-11-9-10-17(3)16-18;1-2-4-6-5-3-1;/h9-11,16H,7-8,12-15H2,1-6H3;1-6H;1H/q+1;;/p-1. The second kappa shape index (κ2) is 15.0. The van der Waals surface area contributed by atoms with Gasteiger partial charge in [-0.25, -0.2) is 0 Å². The molecule has 0 atom stereocenters. The molecule has 0 fully saturated rings. The predicted octanol–water partition coefficient (Wildman–Crippen LogP) is 2.39. The van der Waals surface area contributed by atoms with E-state index < -0.39 is 7.29 Å². The van der Waals surface area contributed by atoms with Crippen molar-refractivity contribution < 1.29 is 37.8 Å². The van der Waals surface area contributed by atoms with Crippen LogP contribution in [0.15, 0.2) is 60.7 Å². The van der Waals surface area contributed by atoms with E-state index in [4.69, 9.17) is 4.74 Å². The zero-order valence-corrected chi connectivity index (χ0v) is 22.6. The van der Waals surface area contributed by atoms with Crippen LogP contribution < -0.4 is 28.7 Å². The molecule has 0 amide bonds. The first-order valence-corrected chi connectivity index (χ1v) is 13.1. The molecule has 0 N–H and O–H groups in total. The lowest BCUT2D eigenvalue weighted by atomic mass is 10.2. The van der Waals surface area contributed by atoms with Crippen LogP contribution >= 0.6 is 7.29 Å². The third kappa shape index (κ3) is 11.5. The second-order valence-electron chi connectivity index (χ2n) is 7.92. The van der Waals surface area contributed by atoms with Crippen LogP contribution in [0.5, 0.6) is 5.75 Å². The van der Waals surface area contributed by atoms with Gasteiger partial charge in [0.15, 0.2) is 0 Å². The Morgan fingerprint density at radius 2 is 1.47 bits per heavy atom. The van der Waals surface area contributed by atoms with E-state index in [9.17, 15) is 4.57 Å². The molecule has 0 bridgehead atoms. The van der Waals surface area contributed by atoms with Crippen molar-refractivity contribution in [3.8, 4) is 5.75 Å². The van der Waals surface area contributed by atoms with Crippen LogP contribution in [0.4, 0.5) is 0 Å². The fraction of sp³-hybridized carbons (Fsp3) is 0.500. The molecule has 0 unspecified atom stereocenters. The molecule has 30 heavy (non-hydrogen) atoms. The minimum absolute atomic E-state index is 0. The maximum Gasteiger partial charge on any atom is 0.144 e. The number of nitrogens with zero attached hydrogens (tertiary/aromatic N) is 2. The smallest absolute Gasteiger partial charge is 0.144 e. The number of ether oxygens (including phenoxy) is 1. The Kier molecular flexibility index (Phi) is 14.6. The monoisotopic (exact) mass is 546 g/mol. The zero-order valence-electron chi connectivity index (χ0n) is 19.6. The van der Waals surface area contributed by atoms with Crippen LogP contribution in [0.3, 0.4) is 0 Å². The number of benzene rings is 2. The summed E-state index contributed by atoms with van der Waals surface area (Å²) in [5.41, 5.74) is 1.22. The van der Waals surface area contributed by atoms with Crippen LogP contribution in [-0.2, 0) is 4.57 Å². The molecule has 0 saturated carbocycles. The highest BCUT2D eigenvalue weighted by atomic mass is 127. The SMILES string of the molecule is CC[N+](CC)(CCOc1cccc(C)c1)CCN(C)P(C)(C)=O.[I-].c1ccccc1. The quantitative estimate of drug-likeness (QED) is 0.261. The maximum atomic E-state index is 12.1. The molecule has 4 nitrogen and oxygen atoms in total. The first-order valence-electron chi connectivity index (χ1n) is 10.5. The molecule has 0 aromatic heterocycles. The molecule has 2 aromatic carbocycles. The van der Waals surface area contributed by atoms with E-state index in [2.05, 4.69) is 32.9 Å². The number of likely N-dealkylation sites (N-methyl/N-ethyl adjacent to an activating group) is 2. The molecule has 2 rings (SSSR count). The van der Waals surface area contributed by atoms with Crippen molar-refractivity contribution in [1.29, 1.82) is 0 Å². The number of quaternary nitrogens is 1. The van der Waals surface area contributed by atoms with Gasteiger partial charge in [0, 0.05) is 13.3 Å². The molecule has 6 heteroatoms. The van der Waals surface area contributed by atoms with Gasteiger partial charge >= 0.3 is 0 Å². The molecule has 0 spiro atoms. The van der Waals surface area contributed by atoms with Crippen LogP contribution in [-0.4, -0.2) is 68.9 Å². The van der Waals surface area contributed by atoms with Crippen molar-refractivity contribution >= 4 is 7.29 Å². The van der Waals surface area contributed by atoms with Gasteiger partial charge in [-0.2, -0.15) is 0 Å². The fourth-order valence-corrected chi connectivity index (χ4v) is 3.58. The second-order valence-corrected chi connectivity index (χ2v) is 11.2. The van der Waals surface area contributed by atoms with Crippen LogP contribution in [0.25, 0.3) is 0 Å². The van der Waals surface area contributed by atoms with Crippen molar-refractivity contribution in [2.24, 2.45) is 0 Å². The van der Waals surface area contributed by atoms with E-state index in [1.165, 1.54) is 5.56 Å². The lowest BCUT2D eigenvalue weighted by Gasteiger charge is -2.38. The average Bonchev–Trinajstić information content (AvgIpc) is 2.71. The summed E-state index contributed by atoms with van der Waals surface area (Å²) >= 11 is 0. The number of halogens is 1. The Morgan fingerprint density at radius 3 is 1.90 bits per heavy atom. The molecule has 0 aliphatic heterocycles. The molecule has 0 radical (unpaired) electrons. The van der Waals surface area contributed by atoms with E-state index in [0.29, 0.717) is 6.61 Å². The molecular formula is C24H40IN2O2P. The molecule has 170 valence electrons. The third-order valence-corrected chi connectivity index (χ3v) is 7.40. The summed E-state index contributed by atoms with van der Waals surface area (Å²) in [6.45, 7) is 15.9. The van der Waals surface area contributed by atoms with Gasteiger partial charge in [0.2, 0.25) is 0 Å². The highest BCUT2D eigenvalue weighted by molar-refractivity contribution is 7.59. The van der Waals surface area contributed by atoms with Crippen LogP contribution in [0, 0.1) is 6.92 Å². The fourth-order valence-electron chi connectivity index (χ4n) is 3.01. The van der Waals surface area contributed by atoms with Crippen molar-refractivity contribution in [2.75, 3.05) is 59.7 Å². The van der Waals surface area contributed by atoms with Gasteiger partial charge in [-0.1, -0.05) is 48.5 Å². The number of rotatable bonds is 10. The molecule has 0 saturated heterocycles. The Balaban J connectivity index is 0.00000103. The third-order valence-electron chi connectivity index (χ3n) is 5.55. The minimum Gasteiger partial charge on any atom is -1.00 e. The van der Waals surface area contributed by atoms with Gasteiger partial charge in [-0.15, -0.1) is 0 Å². The minimum atomic E-state index is -2.15. The largest absolute Gasteiger partial charge is 1.00 e. The Bertz CT molecular complexity index is 706. The van der Waals surface area contributed by atoms with Gasteiger partial charge in [0.1, 0.15) is 26.2 Å². The van der Waals surface area contributed by atoms with Gasteiger partial charge < -0.3 is 37.8 Å². The lowest BCUT2D eigenvalue weighted by Crippen LogP contribution is -3.00. The Hall–Kier alpha value is -0.880. The van der Waals surface area contributed by atoms with Crippen LogP contribution in [0.1, 0.15) is 19.4 Å². The predicted molar refractivity (Wildman–Crippen MR) is 126 cm³/mol. The Labute approximate surface area is 201 Å². The van der Waals surface area contributed by atoms with Crippen molar-refractivity contribution in [3.05, 3.63) is 66.2 Å². The summed E-state index contributed by atoms with van der Waals surface area (Å²) in [5, 5.41) is 0. The van der Waals surface area contributed by atoms with E-state index in [0.717, 1.165) is 43.0 Å². The summed E-state index contributed by atoms with van der Waals surface area (Å²) < 4.78 is 21.1. The highest BCUT2D eigenvalue weighted by Crippen LogP contribution is 2.39. The molecule has 2 aromatic rings.